The number of thioether (sulfide) groups is 1. The number of aryl methyl sites for hydroxylation is 1. The SMILES string of the molecule is C=CC1CN2CCC1C[C@@H]2[C@H](Nc1c(Nc2cc(C)cc(C(F)(F)F)c2)c(=O)c1=O)c1ccnc2ccc(OC)cc12.COc1ccc(CS[C@@](CC(=O)c2ccc3c(c2)COC32CN(C(=O)CC(F)(F)F)C2)(c2cc(Cl)c(F)c(Cl)c2)C(F)(F)F)cc1.O=C(/C=C(/c1cc(Cl)c(F)c(Cl)c1)C(F)(F)F)c1ccc2c(c1)COC21CN(C(=O)CC(F)(F)F)C1. The molecule has 9 aromatic rings. The normalized spacial score (nSPS) is 19.0. The average molecular weight is 1840 g/mol. The van der Waals surface area contributed by atoms with E-state index in [1.807, 2.05) is 30.3 Å². The van der Waals surface area contributed by atoms with Gasteiger partial charge in [-0.2, -0.15) is 65.9 Å². The van der Waals surface area contributed by atoms with Crippen LogP contribution < -0.4 is 31.0 Å². The zero-order chi connectivity index (χ0) is 90.0. The van der Waals surface area contributed by atoms with E-state index in [0.29, 0.717) is 86.7 Å². The predicted octanol–water partition coefficient (Wildman–Crippen LogP) is 21.1. The van der Waals surface area contributed by atoms with E-state index in [0.717, 1.165) is 76.5 Å². The number of alkyl halides is 15. The molecule has 2 N–H and O–H groups in total. The molecule has 1 aromatic heterocycles. The van der Waals surface area contributed by atoms with E-state index in [2.05, 4.69) is 27.1 Å². The molecule has 5 fully saturated rings. The second-order valence-electron chi connectivity index (χ2n) is 30.7. The first kappa shape index (κ1) is 91.9. The van der Waals surface area contributed by atoms with Crippen molar-refractivity contribution < 1.29 is 113 Å². The van der Waals surface area contributed by atoms with E-state index in [1.165, 1.54) is 49.6 Å². The lowest BCUT2D eigenvalue weighted by molar-refractivity contribution is -0.186. The first-order valence-electron chi connectivity index (χ1n) is 37.7. The quantitative estimate of drug-likeness (QED) is 0.0173. The van der Waals surface area contributed by atoms with Crippen LogP contribution in [0.1, 0.15) is 114 Å². The fraction of sp³-hybridized carbons (Fsp3) is 0.337. The minimum atomic E-state index is -5.05. The summed E-state index contributed by atoms with van der Waals surface area (Å²) in [6, 6.07) is 28.1. The van der Waals surface area contributed by atoms with E-state index in [-0.39, 0.29) is 79.4 Å². The lowest BCUT2D eigenvalue weighted by atomic mass is 9.73. The molecule has 8 aromatic carbocycles. The van der Waals surface area contributed by atoms with Crippen molar-refractivity contribution in [3.8, 4) is 11.5 Å². The van der Waals surface area contributed by atoms with Crippen molar-refractivity contribution in [2.45, 2.75) is 117 Å². The van der Waals surface area contributed by atoms with Gasteiger partial charge in [0.05, 0.1) is 96.4 Å². The van der Waals surface area contributed by atoms with Crippen LogP contribution >= 0.6 is 58.2 Å². The number of benzene rings is 7. The Morgan fingerprint density at radius 2 is 1.18 bits per heavy atom. The summed E-state index contributed by atoms with van der Waals surface area (Å²) in [5, 5.41) is 4.46. The van der Waals surface area contributed by atoms with Crippen LogP contribution in [0.3, 0.4) is 0 Å². The van der Waals surface area contributed by atoms with Gasteiger partial charge in [0.1, 0.15) is 51.7 Å². The van der Waals surface area contributed by atoms with Gasteiger partial charge in [-0.1, -0.05) is 88.9 Å². The third-order valence-corrected chi connectivity index (χ3v) is 25.3. The molecule has 2 amide bonds. The van der Waals surface area contributed by atoms with Gasteiger partial charge >= 0.3 is 30.9 Å². The number of rotatable bonds is 21. The fourth-order valence-corrected chi connectivity index (χ4v) is 18.6. The summed E-state index contributed by atoms with van der Waals surface area (Å²) in [5.74, 6) is -4.55. The lowest BCUT2D eigenvalue weighted by Gasteiger charge is -2.52. The molecule has 0 radical (unpaired) electrons. The summed E-state index contributed by atoms with van der Waals surface area (Å²) in [5.41, 5.74) is -2.49. The minimum absolute atomic E-state index is 0.00944. The van der Waals surface area contributed by atoms with Gasteiger partial charge in [-0.3, -0.25) is 38.7 Å². The fourth-order valence-electron chi connectivity index (χ4n) is 16.3. The molecule has 0 aliphatic carbocycles. The Hall–Kier alpha value is -9.81. The highest BCUT2D eigenvalue weighted by Crippen LogP contribution is 2.56. The smallest absolute Gasteiger partial charge is 0.417 e. The summed E-state index contributed by atoms with van der Waals surface area (Å²) in [4.78, 5) is 84.8. The molecule has 0 saturated carbocycles. The number of methoxy groups -OCH3 is 2. The highest BCUT2D eigenvalue weighted by atomic mass is 35.5. The van der Waals surface area contributed by atoms with Gasteiger partial charge in [0.25, 0.3) is 10.9 Å². The molecule has 2 bridgehead atoms. The van der Waals surface area contributed by atoms with Crippen LogP contribution in [0.15, 0.2) is 162 Å². The van der Waals surface area contributed by atoms with E-state index in [9.17, 15) is 90.2 Å². The first-order chi connectivity index (χ1) is 58.1. The summed E-state index contributed by atoms with van der Waals surface area (Å²) in [7, 11) is 3.03. The van der Waals surface area contributed by atoms with Crippen molar-refractivity contribution >= 4 is 115 Å². The number of pyridine rings is 1. The zero-order valence-electron chi connectivity index (χ0n) is 65.0. The van der Waals surface area contributed by atoms with Crippen LogP contribution in [0.5, 0.6) is 11.5 Å². The van der Waals surface area contributed by atoms with E-state index >= 15 is 13.2 Å². The molecule has 656 valence electrons. The van der Waals surface area contributed by atoms with Gasteiger partial charge in [0.2, 0.25) is 11.8 Å². The lowest BCUT2D eigenvalue weighted by Crippen LogP contribution is -2.61. The molecule has 6 atom stereocenters. The monoisotopic (exact) mass is 1840 g/mol. The third-order valence-electron chi connectivity index (χ3n) is 22.6. The molecule has 5 saturated heterocycles. The van der Waals surface area contributed by atoms with Crippen LogP contribution in [0.25, 0.3) is 16.5 Å². The molecule has 7 aliphatic heterocycles. The van der Waals surface area contributed by atoms with Crippen LogP contribution in [0.2, 0.25) is 20.1 Å². The van der Waals surface area contributed by atoms with Crippen LogP contribution in [0.4, 0.5) is 91.7 Å². The second kappa shape index (κ2) is 35.2. The van der Waals surface area contributed by atoms with Crippen LogP contribution in [-0.4, -0.2) is 127 Å². The topological polar surface area (TPSA) is 186 Å². The maximum absolute atomic E-state index is 15.2. The van der Waals surface area contributed by atoms with Gasteiger partial charge in [-0.25, -0.2) is 8.78 Å². The summed E-state index contributed by atoms with van der Waals surface area (Å²) in [6.07, 6.45) is -22.2. The van der Waals surface area contributed by atoms with E-state index < -0.39 is 160 Å². The van der Waals surface area contributed by atoms with Crippen molar-refractivity contribution in [2.75, 3.05) is 64.1 Å². The maximum Gasteiger partial charge on any atom is 0.417 e. The summed E-state index contributed by atoms with van der Waals surface area (Å²) < 4.78 is 250. The average Bonchev–Trinajstić information content (AvgIpc) is 1.52. The van der Waals surface area contributed by atoms with Gasteiger partial charge in [-0.15, -0.1) is 18.3 Å². The van der Waals surface area contributed by atoms with Crippen molar-refractivity contribution in [2.24, 2.45) is 11.8 Å². The molecule has 16 rings (SSSR count). The van der Waals surface area contributed by atoms with Crippen molar-refractivity contribution in [3.63, 3.8) is 0 Å². The number of nitrogens with zero attached hydrogens (tertiary/aromatic N) is 4. The Bertz CT molecular complexity index is 5750. The molecule has 7 aliphatic rings. The number of likely N-dealkylation sites (tertiary alicyclic amines) is 2. The van der Waals surface area contributed by atoms with E-state index in [1.54, 1.807) is 44.5 Å². The zero-order valence-corrected chi connectivity index (χ0v) is 68.8. The molecule has 8 heterocycles. The minimum Gasteiger partial charge on any atom is -0.497 e. The molecule has 3 unspecified atom stereocenters. The van der Waals surface area contributed by atoms with Crippen molar-refractivity contribution in [1.82, 2.24) is 19.7 Å². The van der Waals surface area contributed by atoms with Gasteiger partial charge in [0, 0.05) is 53.2 Å². The number of piperidine rings is 3. The number of carbonyl (C=O) groups excluding carboxylic acids is 4. The second-order valence-corrected chi connectivity index (χ2v) is 33.6. The summed E-state index contributed by atoms with van der Waals surface area (Å²) in [6.45, 7) is 6.70. The molecular weight excluding hydrogens is 1770 g/mol. The number of carbonyl (C=O) groups is 4. The number of hydrogen-bond donors (Lipinski definition) is 2. The summed E-state index contributed by atoms with van der Waals surface area (Å²) >= 11 is 23.5. The highest BCUT2D eigenvalue weighted by Gasteiger charge is 2.59. The standard InChI is InChI=1S/C32H31F3N4O3.C31H24Cl2F7NO4S.C23H14Cl2F7NO3/c1-4-18-16-39-10-8-19(18)13-26(39)27(23-7-9-36-25-6-5-22(42-3)15-24(23)25)38-29-28(30(40)31(29)41)37-21-12-17(2)11-20(14-21)32(33,34)35;1-44-21-5-2-17(3-6-21)14-46-29(31(38,39)40,20-9-23(32)27(34)24(33)10-20)11-25(42)18-4-7-22-19(8-18)13-45-28(22)15-41(16-28)26(43)12-30(35,36)37;24-16-4-12(5-17(25)20(16)26)15(23(30,31)32)6-18(34)11-1-2-14-13(3-11)8-36-21(14)9-33(10-21)19(35)7-22(27,28)29/h4-7,9,11-12,14-15,18-19,26-27,37-38H,1,8,10,13,16H2,2-3H3;2-10H,11-16H2,1H3;1-6H,7-10H2/b;;15-6-/t18?,19?,26-,27-;29-;/m10./s1. The number of halogens is 21. The number of aromatic nitrogens is 1. The number of hydrogen-bond acceptors (Lipinski definition) is 15. The van der Waals surface area contributed by atoms with Crippen molar-refractivity contribution in [3.05, 3.63) is 271 Å². The molecular formula is C86H69Cl4F17N6O10S. The van der Waals surface area contributed by atoms with Crippen molar-refractivity contribution in [1.29, 1.82) is 0 Å². The van der Waals surface area contributed by atoms with Crippen LogP contribution in [0, 0.1) is 30.4 Å². The number of fused-ring (bicyclic) bond motifs is 8. The Kier molecular flexibility index (Phi) is 26.1. The van der Waals surface area contributed by atoms with Gasteiger partial charge < -0.3 is 39.4 Å². The van der Waals surface area contributed by atoms with Crippen LogP contribution in [-0.2, 0) is 60.2 Å². The number of anilines is 3. The molecule has 16 nitrogen and oxygen atoms in total. The van der Waals surface area contributed by atoms with Gasteiger partial charge in [-0.05, 0) is 185 Å². The number of Topliss-reactive ketones (excluding diaryl/α,β-unsaturated/α-hetero) is 1. The molecule has 124 heavy (non-hydrogen) atoms. The third kappa shape index (κ3) is 19.3. The Morgan fingerprint density at radius 1 is 0.637 bits per heavy atom. The van der Waals surface area contributed by atoms with E-state index in [4.69, 9.17) is 65.4 Å². The Morgan fingerprint density at radius 3 is 1.69 bits per heavy atom. The Labute approximate surface area is 719 Å². The first-order valence-corrected chi connectivity index (χ1v) is 40.2. The number of amides is 2. The number of nitrogens with one attached hydrogen (secondary N) is 2. The number of ether oxygens (including phenoxy) is 4. The van der Waals surface area contributed by atoms with Gasteiger partial charge in [0.15, 0.2) is 23.2 Å². The molecule has 2 spiro atoms. The largest absolute Gasteiger partial charge is 0.497 e. The highest BCUT2D eigenvalue weighted by molar-refractivity contribution is 7.99. The number of ketones is 2. The predicted molar refractivity (Wildman–Crippen MR) is 430 cm³/mol. The number of allylic oxidation sites excluding steroid dienone is 2. The maximum atomic E-state index is 15.2. The molecule has 38 heteroatoms. The Balaban J connectivity index is 0.000000161.